The van der Waals surface area contributed by atoms with Gasteiger partial charge in [0.15, 0.2) is 5.69 Å². The van der Waals surface area contributed by atoms with Crippen molar-refractivity contribution in [2.75, 3.05) is 17.7 Å². The van der Waals surface area contributed by atoms with Gasteiger partial charge in [-0.3, -0.25) is 10.1 Å². The third-order valence-electron chi connectivity index (χ3n) is 5.26. The van der Waals surface area contributed by atoms with Crippen LogP contribution in [0.2, 0.25) is 0 Å². The van der Waals surface area contributed by atoms with E-state index in [4.69, 9.17) is 9.47 Å². The van der Waals surface area contributed by atoms with Crippen LogP contribution in [0.25, 0.3) is 11.3 Å². The molecule has 1 aromatic heterocycles. The fraction of sp³-hybridized carbons (Fsp3) is 0.375. The summed E-state index contributed by atoms with van der Waals surface area (Å²) in [6.07, 6.45) is 3.39. The molecule has 1 unspecified atom stereocenters. The maximum Gasteiger partial charge on any atom is 0.270 e. The minimum atomic E-state index is -0.774. The highest BCUT2D eigenvalue weighted by Gasteiger charge is 2.29. The average molecular weight is 482 g/mol. The lowest BCUT2D eigenvalue weighted by Crippen LogP contribution is -2.18. The highest BCUT2D eigenvalue weighted by molar-refractivity contribution is 7.99. The number of anilines is 1. The number of benzene rings is 2. The van der Waals surface area contributed by atoms with Crippen LogP contribution in [-0.2, 0) is 0 Å². The molecule has 0 saturated carbocycles. The summed E-state index contributed by atoms with van der Waals surface area (Å²) in [5.41, 5.74) is 2.55. The Kier molecular flexibility index (Phi) is 7.79. The fourth-order valence-corrected chi connectivity index (χ4v) is 4.34. The molecule has 1 aliphatic heterocycles. The summed E-state index contributed by atoms with van der Waals surface area (Å²) >= 11 is 1.54. The first-order valence-electron chi connectivity index (χ1n) is 11.4. The number of thioether (sulfide) groups is 1. The number of hydrogen-bond donors (Lipinski definition) is 1. The predicted octanol–water partition coefficient (Wildman–Crippen LogP) is 6.02. The van der Waals surface area contributed by atoms with Gasteiger partial charge in [-0.25, -0.2) is 0 Å². The number of para-hydroxylation sites is 1. The molecule has 4 rings (SSSR count). The van der Waals surface area contributed by atoms with Gasteiger partial charge in [-0.2, -0.15) is 4.98 Å². The van der Waals surface area contributed by atoms with Crippen LogP contribution >= 0.6 is 11.8 Å². The van der Waals surface area contributed by atoms with Crippen molar-refractivity contribution in [1.82, 2.24) is 15.2 Å². The van der Waals surface area contributed by atoms with Crippen molar-refractivity contribution in [2.24, 2.45) is 0 Å². The second-order valence-corrected chi connectivity index (χ2v) is 8.88. The number of hydrogen-bond acceptors (Lipinski definition) is 9. The van der Waals surface area contributed by atoms with Crippen LogP contribution in [0.15, 0.2) is 47.6 Å². The maximum atomic E-state index is 11.5. The molecule has 34 heavy (non-hydrogen) atoms. The molecule has 178 valence electrons. The number of nitro benzene ring substituents is 1. The number of fused-ring (bicyclic) bond motifs is 3. The Bertz CT molecular complexity index is 1160. The molecular weight excluding hydrogens is 454 g/mol. The van der Waals surface area contributed by atoms with Gasteiger partial charge in [0.05, 0.1) is 17.1 Å². The SMILES string of the molecule is CCCCCSc1nnc2c(n1)OC(c1cc([N+](=O)[O-])ccc1OCCC)Nc1ccccc1-2. The van der Waals surface area contributed by atoms with E-state index in [1.807, 2.05) is 31.2 Å². The molecule has 1 aliphatic rings. The smallest absolute Gasteiger partial charge is 0.270 e. The minimum absolute atomic E-state index is 0.0463. The quantitative estimate of drug-likeness (QED) is 0.161. The standard InChI is InChI=1S/C24H27N5O4S/c1-3-5-8-14-34-24-26-23-21(27-28-24)17-9-6-7-10-19(17)25-22(33-23)18-15-16(29(30)31)11-12-20(18)32-13-4-2/h6-7,9-12,15,22,25H,3-5,8,13-14H2,1-2H3. The van der Waals surface area contributed by atoms with Crippen LogP contribution in [0.1, 0.15) is 51.3 Å². The number of nitrogens with zero attached hydrogens (tertiary/aromatic N) is 4. The third kappa shape index (κ3) is 5.39. The predicted molar refractivity (Wildman–Crippen MR) is 131 cm³/mol. The van der Waals surface area contributed by atoms with Gasteiger partial charge in [0.2, 0.25) is 17.3 Å². The second-order valence-electron chi connectivity index (χ2n) is 7.82. The molecule has 3 aromatic rings. The molecule has 2 heterocycles. The molecule has 0 radical (unpaired) electrons. The average Bonchev–Trinajstić information content (AvgIpc) is 3.01. The zero-order valence-corrected chi connectivity index (χ0v) is 20.0. The molecule has 1 atom stereocenters. The van der Waals surface area contributed by atoms with Crippen LogP contribution in [0.4, 0.5) is 11.4 Å². The van der Waals surface area contributed by atoms with E-state index in [0.29, 0.717) is 34.7 Å². The number of nitro groups is 1. The topological polar surface area (TPSA) is 112 Å². The van der Waals surface area contributed by atoms with E-state index in [2.05, 4.69) is 27.4 Å². The van der Waals surface area contributed by atoms with Gasteiger partial charge >= 0.3 is 0 Å². The highest BCUT2D eigenvalue weighted by Crippen LogP contribution is 2.41. The summed E-state index contributed by atoms with van der Waals surface area (Å²) in [4.78, 5) is 15.7. The van der Waals surface area contributed by atoms with Crippen LogP contribution in [0, 0.1) is 10.1 Å². The molecule has 1 N–H and O–H groups in total. The second kappa shape index (κ2) is 11.1. The zero-order chi connectivity index (χ0) is 23.9. The van der Waals surface area contributed by atoms with Gasteiger partial charge in [0.25, 0.3) is 5.69 Å². The van der Waals surface area contributed by atoms with Crippen molar-refractivity contribution in [1.29, 1.82) is 0 Å². The zero-order valence-electron chi connectivity index (χ0n) is 19.2. The monoisotopic (exact) mass is 481 g/mol. The van der Waals surface area contributed by atoms with Gasteiger partial charge in [0, 0.05) is 29.1 Å². The van der Waals surface area contributed by atoms with E-state index < -0.39 is 11.2 Å². The van der Waals surface area contributed by atoms with Gasteiger partial charge < -0.3 is 14.8 Å². The Morgan fingerprint density at radius 3 is 2.79 bits per heavy atom. The lowest BCUT2D eigenvalue weighted by atomic mass is 10.1. The number of aromatic nitrogens is 3. The number of unbranched alkanes of at least 4 members (excludes halogenated alkanes) is 2. The van der Waals surface area contributed by atoms with Crippen molar-refractivity contribution in [3.63, 3.8) is 0 Å². The summed E-state index contributed by atoms with van der Waals surface area (Å²) < 4.78 is 12.2. The lowest BCUT2D eigenvalue weighted by Gasteiger charge is -2.21. The van der Waals surface area contributed by atoms with E-state index in [0.717, 1.165) is 42.7 Å². The Morgan fingerprint density at radius 2 is 2.00 bits per heavy atom. The largest absolute Gasteiger partial charge is 0.493 e. The molecule has 0 fully saturated rings. The summed E-state index contributed by atoms with van der Waals surface area (Å²) in [6, 6.07) is 12.1. The number of rotatable bonds is 10. The first-order valence-corrected chi connectivity index (χ1v) is 12.4. The van der Waals surface area contributed by atoms with E-state index >= 15 is 0 Å². The summed E-state index contributed by atoms with van der Waals surface area (Å²) in [5, 5.41) is 24.1. The lowest BCUT2D eigenvalue weighted by molar-refractivity contribution is -0.385. The van der Waals surface area contributed by atoms with Crippen molar-refractivity contribution in [3.05, 3.63) is 58.1 Å². The fourth-order valence-electron chi connectivity index (χ4n) is 3.56. The number of nitrogens with one attached hydrogen (secondary N) is 1. The maximum absolute atomic E-state index is 11.5. The van der Waals surface area contributed by atoms with E-state index in [1.165, 1.54) is 23.9 Å². The van der Waals surface area contributed by atoms with Gasteiger partial charge in [0.1, 0.15) is 5.75 Å². The van der Waals surface area contributed by atoms with Crippen molar-refractivity contribution in [3.8, 4) is 22.9 Å². The van der Waals surface area contributed by atoms with Crippen LogP contribution < -0.4 is 14.8 Å². The number of ether oxygens (including phenoxy) is 2. The van der Waals surface area contributed by atoms with Crippen LogP contribution in [0.5, 0.6) is 11.6 Å². The number of non-ortho nitro benzene ring substituents is 1. The minimum Gasteiger partial charge on any atom is -0.493 e. The molecule has 0 aliphatic carbocycles. The molecule has 0 spiro atoms. The molecule has 9 nitrogen and oxygen atoms in total. The Balaban J connectivity index is 1.74. The van der Waals surface area contributed by atoms with E-state index in [1.54, 1.807) is 6.07 Å². The summed E-state index contributed by atoms with van der Waals surface area (Å²) in [7, 11) is 0. The van der Waals surface area contributed by atoms with Crippen molar-refractivity contribution < 1.29 is 14.4 Å². The summed E-state index contributed by atoms with van der Waals surface area (Å²) in [6.45, 7) is 4.64. The molecule has 0 bridgehead atoms. The Morgan fingerprint density at radius 1 is 1.15 bits per heavy atom. The van der Waals surface area contributed by atoms with Crippen molar-refractivity contribution in [2.45, 2.75) is 50.9 Å². The van der Waals surface area contributed by atoms with Crippen LogP contribution in [0.3, 0.4) is 0 Å². The summed E-state index contributed by atoms with van der Waals surface area (Å²) in [5.74, 6) is 1.73. The normalized spacial score (nSPS) is 14.2. The van der Waals surface area contributed by atoms with Crippen molar-refractivity contribution >= 4 is 23.1 Å². The first-order chi connectivity index (χ1) is 16.6. The first kappa shape index (κ1) is 23.7. The van der Waals surface area contributed by atoms with Gasteiger partial charge in [-0.1, -0.05) is 56.7 Å². The molecule has 0 amide bonds. The molecule has 0 saturated heterocycles. The van der Waals surface area contributed by atoms with Gasteiger partial charge in [-0.15, -0.1) is 10.2 Å². The van der Waals surface area contributed by atoms with E-state index in [9.17, 15) is 10.1 Å². The molecular formula is C24H27N5O4S. The Hall–Kier alpha value is -3.40. The van der Waals surface area contributed by atoms with E-state index in [-0.39, 0.29) is 5.69 Å². The third-order valence-corrected chi connectivity index (χ3v) is 6.18. The molecule has 10 heteroatoms. The highest BCUT2D eigenvalue weighted by atomic mass is 32.2. The van der Waals surface area contributed by atoms with Gasteiger partial charge in [-0.05, 0) is 25.0 Å². The van der Waals surface area contributed by atoms with Crippen LogP contribution in [-0.4, -0.2) is 32.5 Å². The molecule has 2 aromatic carbocycles. The Labute approximate surface area is 202 Å².